The van der Waals surface area contributed by atoms with Crippen molar-refractivity contribution in [3.8, 4) is 11.3 Å². The summed E-state index contributed by atoms with van der Waals surface area (Å²) in [7, 11) is 0. The Balaban J connectivity index is 1.83. The van der Waals surface area contributed by atoms with E-state index in [0.717, 1.165) is 31.0 Å². The van der Waals surface area contributed by atoms with Crippen molar-refractivity contribution in [1.82, 2.24) is 15.8 Å². The summed E-state index contributed by atoms with van der Waals surface area (Å²) in [4.78, 5) is 12.8. The topological polar surface area (TPSA) is 67.2 Å². The first kappa shape index (κ1) is 22.3. The lowest BCUT2D eigenvalue weighted by molar-refractivity contribution is -0.137. The summed E-state index contributed by atoms with van der Waals surface area (Å²) >= 11 is 0. The van der Waals surface area contributed by atoms with Crippen LogP contribution >= 0.6 is 0 Å². The summed E-state index contributed by atoms with van der Waals surface area (Å²) in [6.45, 7) is 7.06. The van der Waals surface area contributed by atoms with E-state index in [1.165, 1.54) is 25.0 Å². The number of aromatic nitrogens is 1. The third-order valence-corrected chi connectivity index (χ3v) is 5.56. The lowest BCUT2D eigenvalue weighted by Gasteiger charge is -2.17. The van der Waals surface area contributed by atoms with Gasteiger partial charge in [-0.15, -0.1) is 0 Å². The molecular weight excluding hydrogens is 395 g/mol. The van der Waals surface area contributed by atoms with Gasteiger partial charge in [0.05, 0.1) is 5.56 Å². The van der Waals surface area contributed by atoms with Gasteiger partial charge in [-0.25, -0.2) is 0 Å². The van der Waals surface area contributed by atoms with Crippen molar-refractivity contribution in [2.45, 2.75) is 58.8 Å². The van der Waals surface area contributed by atoms with Crippen LogP contribution in [0, 0.1) is 11.8 Å². The SMILES string of the molecule is CC(C)C(C)NC(=O)c1noc(-c2ccc(C(F)(F)F)cc2)c1CNCCC1CC1. The van der Waals surface area contributed by atoms with E-state index in [4.69, 9.17) is 4.52 Å². The molecule has 1 aromatic carbocycles. The first-order chi connectivity index (χ1) is 14.2. The van der Waals surface area contributed by atoms with Crippen LogP contribution < -0.4 is 10.6 Å². The molecule has 1 heterocycles. The standard InChI is InChI=1S/C22H28F3N3O2/c1-13(2)14(3)27-21(29)19-18(12-26-11-10-15-4-5-15)20(30-28-19)16-6-8-17(9-7-16)22(23,24)25/h6-9,13-15,26H,4-5,10-12H2,1-3H3,(H,27,29). The Hall–Kier alpha value is -2.35. The van der Waals surface area contributed by atoms with E-state index in [1.807, 2.05) is 20.8 Å². The molecule has 1 aliphatic rings. The van der Waals surface area contributed by atoms with Gasteiger partial charge < -0.3 is 15.2 Å². The van der Waals surface area contributed by atoms with Gasteiger partial charge in [0.15, 0.2) is 11.5 Å². The number of nitrogens with one attached hydrogen (secondary N) is 2. The van der Waals surface area contributed by atoms with E-state index in [0.29, 0.717) is 23.4 Å². The highest BCUT2D eigenvalue weighted by Crippen LogP contribution is 2.33. The molecule has 8 heteroatoms. The number of rotatable bonds is 9. The number of alkyl halides is 3. The molecule has 0 bridgehead atoms. The zero-order valence-corrected chi connectivity index (χ0v) is 17.5. The maximum Gasteiger partial charge on any atom is 0.416 e. The largest absolute Gasteiger partial charge is 0.416 e. The number of carbonyl (C=O) groups excluding carboxylic acids is 1. The highest BCUT2D eigenvalue weighted by Gasteiger charge is 2.31. The molecule has 1 aromatic heterocycles. The summed E-state index contributed by atoms with van der Waals surface area (Å²) in [5.74, 6) is 0.974. The number of carbonyl (C=O) groups is 1. The monoisotopic (exact) mass is 423 g/mol. The third-order valence-electron chi connectivity index (χ3n) is 5.56. The van der Waals surface area contributed by atoms with Crippen molar-refractivity contribution in [3.63, 3.8) is 0 Å². The summed E-state index contributed by atoms with van der Waals surface area (Å²) in [5, 5.41) is 10.2. The van der Waals surface area contributed by atoms with Gasteiger partial charge in [0.25, 0.3) is 5.91 Å². The Kier molecular flexibility index (Phi) is 6.85. The maximum absolute atomic E-state index is 12.9. The van der Waals surface area contributed by atoms with Crippen molar-refractivity contribution < 1.29 is 22.5 Å². The second kappa shape index (κ2) is 9.20. The molecule has 1 atom stereocenters. The fourth-order valence-electron chi connectivity index (χ4n) is 3.06. The lowest BCUT2D eigenvalue weighted by atomic mass is 10.0. The summed E-state index contributed by atoms with van der Waals surface area (Å²) in [6.07, 6.45) is -0.836. The van der Waals surface area contributed by atoms with Gasteiger partial charge in [-0.1, -0.05) is 44.0 Å². The van der Waals surface area contributed by atoms with Crippen LogP contribution in [0.3, 0.4) is 0 Å². The van der Waals surface area contributed by atoms with Gasteiger partial charge in [-0.3, -0.25) is 4.79 Å². The zero-order chi connectivity index (χ0) is 21.9. The Morgan fingerprint density at radius 2 is 1.87 bits per heavy atom. The molecule has 1 amide bonds. The van der Waals surface area contributed by atoms with Crippen molar-refractivity contribution >= 4 is 5.91 Å². The average molecular weight is 423 g/mol. The molecule has 1 unspecified atom stereocenters. The van der Waals surface area contributed by atoms with E-state index in [1.54, 1.807) is 0 Å². The fourth-order valence-corrected chi connectivity index (χ4v) is 3.06. The summed E-state index contributed by atoms with van der Waals surface area (Å²) < 4.78 is 44.1. The number of hydrogen-bond acceptors (Lipinski definition) is 4. The number of amides is 1. The van der Waals surface area contributed by atoms with Crippen molar-refractivity contribution in [3.05, 3.63) is 41.1 Å². The molecule has 2 N–H and O–H groups in total. The van der Waals surface area contributed by atoms with Crippen molar-refractivity contribution in [2.24, 2.45) is 11.8 Å². The van der Waals surface area contributed by atoms with Gasteiger partial charge in [0.2, 0.25) is 0 Å². The van der Waals surface area contributed by atoms with Crippen LogP contribution in [0.2, 0.25) is 0 Å². The third kappa shape index (κ3) is 5.62. The van der Waals surface area contributed by atoms with Crippen molar-refractivity contribution in [2.75, 3.05) is 6.54 Å². The highest BCUT2D eigenvalue weighted by molar-refractivity contribution is 5.95. The maximum atomic E-state index is 12.9. The highest BCUT2D eigenvalue weighted by atomic mass is 19.4. The minimum atomic E-state index is -4.41. The molecule has 30 heavy (non-hydrogen) atoms. The Morgan fingerprint density at radius 3 is 2.43 bits per heavy atom. The van der Waals surface area contributed by atoms with Crippen molar-refractivity contribution in [1.29, 1.82) is 0 Å². The minimum Gasteiger partial charge on any atom is -0.355 e. The first-order valence-corrected chi connectivity index (χ1v) is 10.3. The van der Waals surface area contributed by atoms with E-state index in [2.05, 4.69) is 15.8 Å². The van der Waals surface area contributed by atoms with Gasteiger partial charge in [0, 0.05) is 23.7 Å². The molecule has 0 saturated heterocycles. The van der Waals surface area contributed by atoms with Gasteiger partial charge in [0.1, 0.15) is 0 Å². The normalized spacial score (nSPS) is 15.4. The fraction of sp³-hybridized carbons (Fsp3) is 0.545. The van der Waals surface area contributed by atoms with Crippen LogP contribution in [0.15, 0.2) is 28.8 Å². The van der Waals surface area contributed by atoms with E-state index in [9.17, 15) is 18.0 Å². The van der Waals surface area contributed by atoms with Crippen LogP contribution in [-0.2, 0) is 12.7 Å². The Labute approximate surface area is 174 Å². The van der Waals surface area contributed by atoms with Gasteiger partial charge in [-0.2, -0.15) is 13.2 Å². The molecule has 164 valence electrons. The van der Waals surface area contributed by atoms with E-state index < -0.39 is 11.7 Å². The van der Waals surface area contributed by atoms with Crippen LogP contribution in [0.25, 0.3) is 11.3 Å². The second-order valence-corrected chi connectivity index (χ2v) is 8.33. The molecular formula is C22H28F3N3O2. The number of halogens is 3. The minimum absolute atomic E-state index is 0.0561. The smallest absolute Gasteiger partial charge is 0.355 e. The lowest BCUT2D eigenvalue weighted by Crippen LogP contribution is -2.37. The molecule has 0 aliphatic heterocycles. The first-order valence-electron chi connectivity index (χ1n) is 10.3. The molecule has 0 spiro atoms. The Morgan fingerprint density at radius 1 is 1.20 bits per heavy atom. The Bertz CT molecular complexity index is 856. The van der Waals surface area contributed by atoms with Crippen LogP contribution in [-0.4, -0.2) is 23.7 Å². The predicted octanol–water partition coefficient (Wildman–Crippen LogP) is 5.02. The number of nitrogens with zero attached hydrogens (tertiary/aromatic N) is 1. The molecule has 0 radical (unpaired) electrons. The second-order valence-electron chi connectivity index (χ2n) is 8.33. The molecule has 1 fully saturated rings. The van der Waals surface area contributed by atoms with Gasteiger partial charge in [-0.05, 0) is 43.9 Å². The van der Waals surface area contributed by atoms with Gasteiger partial charge >= 0.3 is 6.18 Å². The van der Waals surface area contributed by atoms with Crippen LogP contribution in [0.4, 0.5) is 13.2 Å². The quantitative estimate of drug-likeness (QED) is 0.556. The van der Waals surface area contributed by atoms with Crippen LogP contribution in [0.1, 0.15) is 61.6 Å². The number of benzene rings is 1. The van der Waals surface area contributed by atoms with Crippen LogP contribution in [0.5, 0.6) is 0 Å². The molecule has 2 aromatic rings. The summed E-state index contributed by atoms with van der Waals surface area (Å²) in [5.41, 5.74) is 0.430. The predicted molar refractivity (Wildman–Crippen MR) is 108 cm³/mol. The number of hydrogen-bond donors (Lipinski definition) is 2. The van der Waals surface area contributed by atoms with E-state index >= 15 is 0 Å². The molecule has 3 rings (SSSR count). The molecule has 5 nitrogen and oxygen atoms in total. The zero-order valence-electron chi connectivity index (χ0n) is 17.5. The molecule has 1 saturated carbocycles. The average Bonchev–Trinajstić information content (AvgIpc) is 3.41. The molecule has 1 aliphatic carbocycles. The summed E-state index contributed by atoms with van der Waals surface area (Å²) in [6, 6.07) is 4.63. The van der Waals surface area contributed by atoms with E-state index in [-0.39, 0.29) is 23.6 Å².